The first-order valence-corrected chi connectivity index (χ1v) is 5.35. The molecule has 0 fully saturated rings. The fraction of sp³-hybridized carbons (Fsp3) is 0.182. The second-order valence-electron chi connectivity index (χ2n) is 3.42. The Balaban J connectivity index is 2.38. The molecule has 17 heavy (non-hydrogen) atoms. The van der Waals surface area contributed by atoms with Crippen molar-refractivity contribution in [1.82, 2.24) is 9.97 Å². The van der Waals surface area contributed by atoms with Gasteiger partial charge in [-0.05, 0) is 17.7 Å². The smallest absolute Gasteiger partial charge is 0.293 e. The van der Waals surface area contributed by atoms with Gasteiger partial charge in [0.1, 0.15) is 10.7 Å². The highest BCUT2D eigenvalue weighted by Crippen LogP contribution is 2.23. The molecule has 0 radical (unpaired) electrons. The minimum absolute atomic E-state index is 0.265. The van der Waals surface area contributed by atoms with Gasteiger partial charge in [-0.3, -0.25) is 9.78 Å². The molecule has 0 saturated heterocycles. The van der Waals surface area contributed by atoms with E-state index in [-0.39, 0.29) is 6.61 Å². The first kappa shape index (κ1) is 11.6. The monoisotopic (exact) mass is 251 g/mol. The van der Waals surface area contributed by atoms with Gasteiger partial charge in [0.05, 0.1) is 17.8 Å². The normalized spacial score (nSPS) is 10.4. The van der Waals surface area contributed by atoms with Crippen LogP contribution in [0.2, 0.25) is 5.15 Å². The van der Waals surface area contributed by atoms with E-state index in [1.54, 1.807) is 18.3 Å². The largest absolute Gasteiger partial charge is 0.468 e. The summed E-state index contributed by atoms with van der Waals surface area (Å²) < 4.78 is 4.62. The maximum Gasteiger partial charge on any atom is 0.293 e. The van der Waals surface area contributed by atoms with Gasteiger partial charge in [0.15, 0.2) is 0 Å². The van der Waals surface area contributed by atoms with Gasteiger partial charge in [0.2, 0.25) is 0 Å². The van der Waals surface area contributed by atoms with Crippen LogP contribution in [0.3, 0.4) is 0 Å². The third-order valence-corrected chi connectivity index (χ3v) is 2.57. The van der Waals surface area contributed by atoms with Gasteiger partial charge in [-0.2, -0.15) is 0 Å². The van der Waals surface area contributed by atoms with E-state index in [9.17, 15) is 4.79 Å². The lowest BCUT2D eigenvalue weighted by Crippen LogP contribution is -2.03. The number of carbonyl (C=O) groups excluding carboxylic acids is 1. The van der Waals surface area contributed by atoms with E-state index in [1.165, 1.54) is 0 Å². The molecule has 2 aromatic rings. The topological polar surface area (TPSA) is 78.1 Å². The first-order chi connectivity index (χ1) is 8.22. The molecular formula is C11H10ClN3O2. The maximum atomic E-state index is 10.0. The van der Waals surface area contributed by atoms with Gasteiger partial charge in [-0.15, -0.1) is 0 Å². The summed E-state index contributed by atoms with van der Waals surface area (Å²) in [4.78, 5) is 18.4. The Morgan fingerprint density at radius 3 is 3.06 bits per heavy atom. The minimum atomic E-state index is 0.265. The summed E-state index contributed by atoms with van der Waals surface area (Å²) in [6.07, 6.45) is 2.16. The van der Waals surface area contributed by atoms with Crippen LogP contribution in [0.15, 0.2) is 18.3 Å². The van der Waals surface area contributed by atoms with E-state index in [1.807, 2.05) is 0 Å². The van der Waals surface area contributed by atoms with Crippen molar-refractivity contribution in [2.24, 2.45) is 0 Å². The molecule has 0 saturated carbocycles. The van der Waals surface area contributed by atoms with Crippen LogP contribution in [0.25, 0.3) is 11.0 Å². The molecule has 2 N–H and O–H groups in total. The lowest BCUT2D eigenvalue weighted by Gasteiger charge is -2.07. The molecule has 0 atom stereocenters. The Hall–Kier alpha value is -1.88. The number of nitrogens with zero attached hydrogens (tertiary/aromatic N) is 2. The molecule has 2 heterocycles. The van der Waals surface area contributed by atoms with Crippen LogP contribution >= 0.6 is 11.6 Å². The van der Waals surface area contributed by atoms with Crippen LogP contribution in [-0.4, -0.2) is 23.0 Å². The first-order valence-electron chi connectivity index (χ1n) is 4.97. The lowest BCUT2D eigenvalue weighted by atomic mass is 10.1. The molecule has 5 nitrogen and oxygen atoms in total. The Labute approximate surface area is 103 Å². The summed E-state index contributed by atoms with van der Waals surface area (Å²) in [5.74, 6) is 0. The van der Waals surface area contributed by atoms with E-state index in [0.717, 1.165) is 5.56 Å². The summed E-state index contributed by atoms with van der Waals surface area (Å²) in [7, 11) is 0. The third-order valence-electron chi connectivity index (χ3n) is 2.36. The van der Waals surface area contributed by atoms with Crippen LogP contribution in [0.5, 0.6) is 0 Å². The van der Waals surface area contributed by atoms with Crippen LogP contribution in [-0.2, 0) is 16.0 Å². The second-order valence-corrected chi connectivity index (χ2v) is 3.80. The molecule has 0 unspecified atom stereocenters. The average Bonchev–Trinajstić information content (AvgIpc) is 2.33. The van der Waals surface area contributed by atoms with Crippen LogP contribution in [0.1, 0.15) is 5.56 Å². The summed E-state index contributed by atoms with van der Waals surface area (Å²) >= 11 is 5.80. The minimum Gasteiger partial charge on any atom is -0.468 e. The Morgan fingerprint density at radius 2 is 2.29 bits per heavy atom. The highest BCUT2D eigenvalue weighted by Gasteiger charge is 2.07. The van der Waals surface area contributed by atoms with Crippen molar-refractivity contribution in [2.75, 3.05) is 12.3 Å². The Morgan fingerprint density at radius 1 is 1.47 bits per heavy atom. The number of rotatable bonds is 4. The number of anilines is 1. The van der Waals surface area contributed by atoms with E-state index >= 15 is 0 Å². The standard InChI is InChI=1S/C11H10ClN3O2/c12-9-2-1-8-11(15-9)10(13)7(5-14-8)3-4-17-6-16/h1-2,5-6H,3-4H2,(H2,13,14). The predicted octanol–water partition coefficient (Wildman–Crippen LogP) is 1.58. The zero-order valence-electron chi connectivity index (χ0n) is 8.89. The van der Waals surface area contributed by atoms with E-state index in [2.05, 4.69) is 14.7 Å². The summed E-state index contributed by atoms with van der Waals surface area (Å²) in [6, 6.07) is 3.41. The molecule has 2 aromatic heterocycles. The van der Waals surface area contributed by atoms with Gasteiger partial charge in [0, 0.05) is 12.6 Å². The number of halogens is 1. The number of nitrogen functional groups attached to an aromatic ring is 1. The van der Waals surface area contributed by atoms with Gasteiger partial charge >= 0.3 is 0 Å². The number of pyridine rings is 2. The maximum absolute atomic E-state index is 10.0. The zero-order valence-corrected chi connectivity index (χ0v) is 9.65. The van der Waals surface area contributed by atoms with E-state index in [0.29, 0.717) is 34.8 Å². The van der Waals surface area contributed by atoms with Crippen molar-refractivity contribution in [2.45, 2.75) is 6.42 Å². The van der Waals surface area contributed by atoms with Crippen molar-refractivity contribution in [3.8, 4) is 0 Å². The molecule has 88 valence electrons. The molecule has 0 spiro atoms. The third kappa shape index (κ3) is 2.45. The number of hydrogen-bond donors (Lipinski definition) is 1. The average molecular weight is 252 g/mol. The highest BCUT2D eigenvalue weighted by atomic mass is 35.5. The van der Waals surface area contributed by atoms with Gasteiger partial charge < -0.3 is 10.5 Å². The molecule has 2 rings (SSSR count). The summed E-state index contributed by atoms with van der Waals surface area (Å²) in [5, 5.41) is 0.368. The molecule has 0 aliphatic carbocycles. The number of carbonyl (C=O) groups is 1. The summed E-state index contributed by atoms with van der Waals surface area (Å²) in [5.41, 5.74) is 8.53. The number of ether oxygens (including phenoxy) is 1. The van der Waals surface area contributed by atoms with Crippen molar-refractivity contribution in [1.29, 1.82) is 0 Å². The Kier molecular flexibility index (Phi) is 3.39. The summed E-state index contributed by atoms with van der Waals surface area (Å²) in [6.45, 7) is 0.668. The molecule has 6 heteroatoms. The van der Waals surface area contributed by atoms with Crippen molar-refractivity contribution in [3.63, 3.8) is 0 Å². The number of hydrogen-bond acceptors (Lipinski definition) is 5. The fourth-order valence-electron chi connectivity index (χ4n) is 1.52. The van der Waals surface area contributed by atoms with Crippen LogP contribution in [0.4, 0.5) is 5.69 Å². The Bertz CT molecular complexity index is 560. The molecule has 0 bridgehead atoms. The van der Waals surface area contributed by atoms with Crippen molar-refractivity contribution >= 4 is 34.8 Å². The van der Waals surface area contributed by atoms with Gasteiger partial charge in [0.25, 0.3) is 6.47 Å². The van der Waals surface area contributed by atoms with Crippen molar-refractivity contribution in [3.05, 3.63) is 29.0 Å². The van der Waals surface area contributed by atoms with Crippen LogP contribution < -0.4 is 5.73 Å². The molecule has 0 aliphatic heterocycles. The molecular weight excluding hydrogens is 242 g/mol. The zero-order chi connectivity index (χ0) is 12.3. The fourth-order valence-corrected chi connectivity index (χ4v) is 1.66. The van der Waals surface area contributed by atoms with E-state index in [4.69, 9.17) is 17.3 Å². The quantitative estimate of drug-likeness (QED) is 0.507. The van der Waals surface area contributed by atoms with E-state index < -0.39 is 0 Å². The predicted molar refractivity (Wildman–Crippen MR) is 64.7 cm³/mol. The second kappa shape index (κ2) is 4.97. The van der Waals surface area contributed by atoms with Crippen molar-refractivity contribution < 1.29 is 9.53 Å². The molecule has 0 aromatic carbocycles. The van der Waals surface area contributed by atoms with Crippen LogP contribution in [0, 0.1) is 0 Å². The lowest BCUT2D eigenvalue weighted by molar-refractivity contribution is -0.128. The molecule has 0 amide bonds. The SMILES string of the molecule is Nc1c(CCOC=O)cnc2ccc(Cl)nc12. The van der Waals surface area contributed by atoms with Gasteiger partial charge in [-0.25, -0.2) is 4.98 Å². The number of fused-ring (bicyclic) bond motifs is 1. The number of aromatic nitrogens is 2. The highest BCUT2D eigenvalue weighted by molar-refractivity contribution is 6.29. The molecule has 0 aliphatic rings. The number of nitrogens with two attached hydrogens (primary N) is 1. The van der Waals surface area contributed by atoms with Gasteiger partial charge in [-0.1, -0.05) is 11.6 Å².